The topological polar surface area (TPSA) is 55.9 Å². The minimum atomic E-state index is -0.573. The minimum Gasteiger partial charge on any atom is -0.386 e. The van der Waals surface area contributed by atoms with Gasteiger partial charge in [-0.3, -0.25) is 4.68 Å². The van der Waals surface area contributed by atoms with Crippen LogP contribution in [0.25, 0.3) is 0 Å². The molecule has 2 heterocycles. The summed E-state index contributed by atoms with van der Waals surface area (Å²) in [6.07, 6.45) is 3.48. The van der Waals surface area contributed by atoms with Crippen molar-refractivity contribution in [1.29, 1.82) is 0 Å². The molecule has 0 aliphatic heterocycles. The van der Waals surface area contributed by atoms with Gasteiger partial charge in [-0.1, -0.05) is 0 Å². The molecule has 0 aromatic carbocycles. The third kappa shape index (κ3) is 2.14. The van der Waals surface area contributed by atoms with Crippen LogP contribution in [0, 0.1) is 6.92 Å². The van der Waals surface area contributed by atoms with Crippen molar-refractivity contribution in [1.82, 2.24) is 19.3 Å². The monoisotopic (exact) mass is 220 g/mol. The van der Waals surface area contributed by atoms with Crippen molar-refractivity contribution in [3.8, 4) is 0 Å². The molecule has 2 rings (SSSR count). The van der Waals surface area contributed by atoms with E-state index in [2.05, 4.69) is 10.1 Å². The lowest BCUT2D eigenvalue weighted by Crippen LogP contribution is -2.06. The van der Waals surface area contributed by atoms with E-state index in [0.29, 0.717) is 12.1 Å². The molecule has 0 amide bonds. The van der Waals surface area contributed by atoms with Crippen LogP contribution in [-0.4, -0.2) is 24.4 Å². The summed E-state index contributed by atoms with van der Waals surface area (Å²) in [6.45, 7) is 1.94. The van der Waals surface area contributed by atoms with Gasteiger partial charge in [-0.15, -0.1) is 0 Å². The molecule has 16 heavy (non-hydrogen) atoms. The molecule has 0 aliphatic rings. The summed E-state index contributed by atoms with van der Waals surface area (Å²) in [6, 6.07) is 1.98. The number of aromatic nitrogens is 4. The SMILES string of the molecule is Cc1cc(CC(O)c2cn(C)cn2)n(C)n1. The van der Waals surface area contributed by atoms with Gasteiger partial charge in [-0.25, -0.2) is 4.98 Å². The molecule has 1 unspecified atom stereocenters. The normalized spacial score (nSPS) is 13.0. The Morgan fingerprint density at radius 2 is 2.19 bits per heavy atom. The Hall–Kier alpha value is -1.62. The third-order valence-electron chi connectivity index (χ3n) is 2.57. The van der Waals surface area contributed by atoms with E-state index in [1.54, 1.807) is 11.0 Å². The summed E-state index contributed by atoms with van der Waals surface area (Å²) >= 11 is 0. The van der Waals surface area contributed by atoms with Crippen LogP contribution in [0.3, 0.4) is 0 Å². The van der Waals surface area contributed by atoms with Gasteiger partial charge in [0.1, 0.15) is 6.10 Å². The number of aryl methyl sites for hydroxylation is 3. The van der Waals surface area contributed by atoms with Crippen molar-refractivity contribution in [2.45, 2.75) is 19.4 Å². The van der Waals surface area contributed by atoms with Crippen LogP contribution in [0.2, 0.25) is 0 Å². The van der Waals surface area contributed by atoms with Crippen LogP contribution in [-0.2, 0) is 20.5 Å². The van der Waals surface area contributed by atoms with Crippen LogP contribution in [0.15, 0.2) is 18.6 Å². The van der Waals surface area contributed by atoms with E-state index < -0.39 is 6.10 Å². The van der Waals surface area contributed by atoms with Crippen molar-refractivity contribution in [2.24, 2.45) is 14.1 Å². The highest BCUT2D eigenvalue weighted by atomic mass is 16.3. The smallest absolute Gasteiger partial charge is 0.103 e. The molecule has 0 fully saturated rings. The Morgan fingerprint density at radius 3 is 2.69 bits per heavy atom. The number of aliphatic hydroxyl groups is 1. The Balaban J connectivity index is 2.13. The van der Waals surface area contributed by atoms with E-state index in [0.717, 1.165) is 11.4 Å². The van der Waals surface area contributed by atoms with Crippen LogP contribution in [0.4, 0.5) is 0 Å². The van der Waals surface area contributed by atoms with Gasteiger partial charge in [0.05, 0.1) is 17.7 Å². The summed E-state index contributed by atoms with van der Waals surface area (Å²) in [5, 5.41) is 14.2. The molecule has 5 heteroatoms. The second-order valence-electron chi connectivity index (χ2n) is 4.08. The van der Waals surface area contributed by atoms with E-state index in [9.17, 15) is 5.11 Å². The number of rotatable bonds is 3. The summed E-state index contributed by atoms with van der Waals surface area (Å²) in [5.74, 6) is 0. The summed E-state index contributed by atoms with van der Waals surface area (Å²) in [7, 11) is 3.77. The number of hydrogen-bond donors (Lipinski definition) is 1. The average Bonchev–Trinajstić information content (AvgIpc) is 2.74. The maximum atomic E-state index is 10.0. The first kappa shape index (κ1) is 10.9. The molecule has 86 valence electrons. The lowest BCUT2D eigenvalue weighted by Gasteiger charge is -2.07. The van der Waals surface area contributed by atoms with Gasteiger partial charge < -0.3 is 9.67 Å². The molecular formula is C11H16N4O. The van der Waals surface area contributed by atoms with E-state index >= 15 is 0 Å². The fourth-order valence-corrected chi connectivity index (χ4v) is 1.76. The third-order valence-corrected chi connectivity index (χ3v) is 2.57. The molecule has 0 aliphatic carbocycles. The Kier molecular flexibility index (Phi) is 2.78. The quantitative estimate of drug-likeness (QED) is 0.830. The highest BCUT2D eigenvalue weighted by molar-refractivity contribution is 5.12. The molecular weight excluding hydrogens is 204 g/mol. The van der Waals surface area contributed by atoms with Gasteiger partial charge in [0.25, 0.3) is 0 Å². The number of aliphatic hydroxyl groups excluding tert-OH is 1. The summed E-state index contributed by atoms with van der Waals surface area (Å²) in [4.78, 5) is 4.13. The molecule has 0 bridgehead atoms. The Bertz CT molecular complexity index is 486. The van der Waals surface area contributed by atoms with Crippen molar-refractivity contribution in [3.63, 3.8) is 0 Å². The predicted molar refractivity (Wildman–Crippen MR) is 59.8 cm³/mol. The maximum absolute atomic E-state index is 10.0. The average molecular weight is 220 g/mol. The lowest BCUT2D eigenvalue weighted by molar-refractivity contribution is 0.171. The molecule has 0 saturated heterocycles. The fraction of sp³-hybridized carbons (Fsp3) is 0.455. The Labute approximate surface area is 94.4 Å². The zero-order valence-corrected chi connectivity index (χ0v) is 9.75. The largest absolute Gasteiger partial charge is 0.386 e. The molecule has 1 atom stereocenters. The van der Waals surface area contributed by atoms with Gasteiger partial charge in [0.2, 0.25) is 0 Å². The fourth-order valence-electron chi connectivity index (χ4n) is 1.76. The molecule has 0 saturated carbocycles. The molecule has 2 aromatic rings. The van der Waals surface area contributed by atoms with Gasteiger partial charge >= 0.3 is 0 Å². The zero-order valence-electron chi connectivity index (χ0n) is 9.75. The second-order valence-corrected chi connectivity index (χ2v) is 4.08. The zero-order chi connectivity index (χ0) is 11.7. The van der Waals surface area contributed by atoms with Gasteiger partial charge in [0, 0.05) is 32.4 Å². The van der Waals surface area contributed by atoms with E-state index in [1.165, 1.54) is 0 Å². The van der Waals surface area contributed by atoms with Crippen LogP contribution < -0.4 is 0 Å². The summed E-state index contributed by atoms with van der Waals surface area (Å²) < 4.78 is 3.62. The molecule has 1 N–H and O–H groups in total. The highest BCUT2D eigenvalue weighted by Crippen LogP contribution is 2.16. The molecule has 0 radical (unpaired) electrons. The number of imidazole rings is 1. The second kappa shape index (κ2) is 4.09. The van der Waals surface area contributed by atoms with Crippen LogP contribution in [0.1, 0.15) is 23.2 Å². The lowest BCUT2D eigenvalue weighted by atomic mass is 10.1. The first-order valence-electron chi connectivity index (χ1n) is 5.21. The van der Waals surface area contributed by atoms with Gasteiger partial charge in [-0.05, 0) is 13.0 Å². The van der Waals surface area contributed by atoms with Crippen molar-refractivity contribution in [3.05, 3.63) is 35.7 Å². The van der Waals surface area contributed by atoms with Crippen molar-refractivity contribution < 1.29 is 5.11 Å². The number of nitrogens with zero attached hydrogens (tertiary/aromatic N) is 4. The van der Waals surface area contributed by atoms with E-state index in [1.807, 2.05) is 37.8 Å². The first-order valence-corrected chi connectivity index (χ1v) is 5.21. The minimum absolute atomic E-state index is 0.536. The van der Waals surface area contributed by atoms with Gasteiger partial charge in [-0.2, -0.15) is 5.10 Å². The maximum Gasteiger partial charge on any atom is 0.103 e. The highest BCUT2D eigenvalue weighted by Gasteiger charge is 2.13. The Morgan fingerprint density at radius 1 is 1.44 bits per heavy atom. The van der Waals surface area contributed by atoms with Crippen molar-refractivity contribution in [2.75, 3.05) is 0 Å². The standard InChI is InChI=1S/C11H16N4O/c1-8-4-9(15(3)13-8)5-11(16)10-6-14(2)7-12-10/h4,6-7,11,16H,5H2,1-3H3. The van der Waals surface area contributed by atoms with E-state index in [4.69, 9.17) is 0 Å². The summed E-state index contributed by atoms with van der Waals surface area (Å²) in [5.41, 5.74) is 2.67. The van der Waals surface area contributed by atoms with Crippen molar-refractivity contribution >= 4 is 0 Å². The van der Waals surface area contributed by atoms with Gasteiger partial charge in [0.15, 0.2) is 0 Å². The molecule has 5 nitrogen and oxygen atoms in total. The number of hydrogen-bond acceptors (Lipinski definition) is 3. The first-order chi connectivity index (χ1) is 7.56. The van der Waals surface area contributed by atoms with E-state index in [-0.39, 0.29) is 0 Å². The van der Waals surface area contributed by atoms with Crippen LogP contribution >= 0.6 is 0 Å². The predicted octanol–water partition coefficient (Wildman–Crippen LogP) is 0.738. The molecule has 2 aromatic heterocycles. The molecule has 0 spiro atoms. The van der Waals surface area contributed by atoms with Crippen LogP contribution in [0.5, 0.6) is 0 Å².